The van der Waals surface area contributed by atoms with E-state index in [1.807, 2.05) is 61.5 Å². The van der Waals surface area contributed by atoms with Gasteiger partial charge in [0.25, 0.3) is 0 Å². The minimum atomic E-state index is -3.43. The molecule has 2 heterocycles. The smallest absolute Gasteiger partial charge is 0.228 e. The van der Waals surface area contributed by atoms with Gasteiger partial charge in [0.15, 0.2) is 0 Å². The fraction of sp³-hybridized carbons (Fsp3) is 0.250. The number of pyridine rings is 1. The first-order valence-corrected chi connectivity index (χ1v) is 9.04. The number of aromatic nitrogens is 3. The molecule has 1 aromatic carbocycles. The number of benzene rings is 1. The molecule has 0 unspecified atom stereocenters. The van der Waals surface area contributed by atoms with Crippen molar-refractivity contribution in [1.82, 2.24) is 14.5 Å². The van der Waals surface area contributed by atoms with Crippen LogP contribution in [0.5, 0.6) is 0 Å². The number of nitrogens with zero attached hydrogens (tertiary/aromatic N) is 4. The molecule has 0 bridgehead atoms. The number of para-hydroxylation sites is 2. The highest BCUT2D eigenvalue weighted by atomic mass is 32.2. The van der Waals surface area contributed by atoms with Crippen LogP contribution in [-0.2, 0) is 16.4 Å². The maximum Gasteiger partial charge on any atom is 0.228 e. The van der Waals surface area contributed by atoms with Crippen molar-refractivity contribution in [3.05, 3.63) is 48.2 Å². The van der Waals surface area contributed by atoms with Crippen LogP contribution >= 0.6 is 0 Å². The van der Waals surface area contributed by atoms with Crippen LogP contribution in [0, 0.1) is 0 Å². The highest BCUT2D eigenvalue weighted by molar-refractivity contribution is 7.90. The van der Waals surface area contributed by atoms with E-state index in [0.717, 1.165) is 17.0 Å². The maximum absolute atomic E-state index is 12.1. The van der Waals surface area contributed by atoms with Crippen molar-refractivity contribution in [1.29, 1.82) is 0 Å². The SMILES string of the molecule is CN(C)c1cccc(Cn2c(S(C)(=O)=O)nc3ccccc32)n1. The van der Waals surface area contributed by atoms with Gasteiger partial charge in [-0.2, -0.15) is 0 Å². The zero-order valence-electron chi connectivity index (χ0n) is 13.3. The Morgan fingerprint density at radius 3 is 2.48 bits per heavy atom. The van der Waals surface area contributed by atoms with Crippen LogP contribution in [0.3, 0.4) is 0 Å². The standard InChI is InChI=1S/C16H18N4O2S/c1-19(2)15-10-6-7-12(17-15)11-20-14-9-5-4-8-13(14)18-16(20)23(3,21)22/h4-10H,11H2,1-3H3. The van der Waals surface area contributed by atoms with Crippen molar-refractivity contribution in [3.63, 3.8) is 0 Å². The van der Waals surface area contributed by atoms with Gasteiger partial charge in [0.1, 0.15) is 5.82 Å². The predicted molar refractivity (Wildman–Crippen MR) is 90.5 cm³/mol. The average molecular weight is 330 g/mol. The van der Waals surface area contributed by atoms with E-state index in [1.54, 1.807) is 4.57 Å². The normalized spacial score (nSPS) is 11.8. The number of rotatable bonds is 4. The Hall–Kier alpha value is -2.41. The highest BCUT2D eigenvalue weighted by Crippen LogP contribution is 2.21. The van der Waals surface area contributed by atoms with E-state index in [2.05, 4.69) is 9.97 Å². The zero-order chi connectivity index (χ0) is 16.6. The summed E-state index contributed by atoms with van der Waals surface area (Å²) in [6.07, 6.45) is 1.17. The molecule has 3 rings (SSSR count). The number of hydrogen-bond donors (Lipinski definition) is 0. The first-order valence-electron chi connectivity index (χ1n) is 7.15. The molecule has 120 valence electrons. The fourth-order valence-electron chi connectivity index (χ4n) is 2.46. The molecular weight excluding hydrogens is 312 g/mol. The molecule has 0 atom stereocenters. The van der Waals surface area contributed by atoms with Crippen molar-refractivity contribution < 1.29 is 8.42 Å². The van der Waals surface area contributed by atoms with E-state index in [-0.39, 0.29) is 5.16 Å². The van der Waals surface area contributed by atoms with Gasteiger partial charge in [-0.05, 0) is 24.3 Å². The Bertz CT molecular complexity index is 961. The van der Waals surface area contributed by atoms with Crippen LogP contribution in [0.1, 0.15) is 5.69 Å². The summed E-state index contributed by atoms with van der Waals surface area (Å²) < 4.78 is 25.9. The number of anilines is 1. The Labute approximate surface area is 135 Å². The minimum absolute atomic E-state index is 0.0655. The van der Waals surface area contributed by atoms with Crippen LogP contribution in [0.15, 0.2) is 47.6 Å². The van der Waals surface area contributed by atoms with E-state index in [1.165, 1.54) is 6.26 Å². The molecule has 0 spiro atoms. The Balaban J connectivity index is 2.14. The average Bonchev–Trinajstić information content (AvgIpc) is 2.87. The van der Waals surface area contributed by atoms with Crippen molar-refractivity contribution in [3.8, 4) is 0 Å². The largest absolute Gasteiger partial charge is 0.363 e. The molecule has 0 aliphatic heterocycles. The molecule has 0 fully saturated rings. The van der Waals surface area contributed by atoms with Gasteiger partial charge >= 0.3 is 0 Å². The first-order chi connectivity index (χ1) is 10.9. The third-order valence-electron chi connectivity index (χ3n) is 3.52. The third kappa shape index (κ3) is 3.05. The summed E-state index contributed by atoms with van der Waals surface area (Å²) in [5.41, 5.74) is 2.23. The van der Waals surface area contributed by atoms with Gasteiger partial charge in [-0.1, -0.05) is 18.2 Å². The molecule has 0 saturated heterocycles. The molecule has 0 amide bonds. The minimum Gasteiger partial charge on any atom is -0.363 e. The molecule has 6 nitrogen and oxygen atoms in total. The molecule has 3 aromatic rings. The molecule has 2 aromatic heterocycles. The van der Waals surface area contributed by atoms with Crippen molar-refractivity contribution >= 4 is 26.7 Å². The molecule has 0 N–H and O–H groups in total. The summed E-state index contributed by atoms with van der Waals surface area (Å²) in [6, 6.07) is 13.1. The quantitative estimate of drug-likeness (QED) is 0.731. The van der Waals surface area contributed by atoms with Gasteiger partial charge in [0, 0.05) is 20.4 Å². The first kappa shape index (κ1) is 15.5. The van der Waals surface area contributed by atoms with E-state index >= 15 is 0 Å². The van der Waals surface area contributed by atoms with Crippen molar-refractivity contribution in [2.24, 2.45) is 0 Å². The summed E-state index contributed by atoms with van der Waals surface area (Å²) in [7, 11) is 0.406. The lowest BCUT2D eigenvalue weighted by Crippen LogP contribution is -2.14. The van der Waals surface area contributed by atoms with E-state index in [0.29, 0.717) is 12.1 Å². The second kappa shape index (κ2) is 5.66. The van der Waals surface area contributed by atoms with Crippen LogP contribution in [-0.4, -0.2) is 43.3 Å². The number of fused-ring (bicyclic) bond motifs is 1. The third-order valence-corrected chi connectivity index (χ3v) is 4.50. The van der Waals surface area contributed by atoms with E-state index in [4.69, 9.17) is 0 Å². The number of imidazole rings is 1. The van der Waals surface area contributed by atoms with Crippen LogP contribution in [0.2, 0.25) is 0 Å². The Kier molecular flexibility index (Phi) is 3.81. The topological polar surface area (TPSA) is 68.1 Å². The molecule has 0 saturated carbocycles. The zero-order valence-corrected chi connectivity index (χ0v) is 14.1. The van der Waals surface area contributed by atoms with Crippen molar-refractivity contribution in [2.45, 2.75) is 11.7 Å². The molecule has 0 aliphatic rings. The highest BCUT2D eigenvalue weighted by Gasteiger charge is 2.19. The summed E-state index contributed by atoms with van der Waals surface area (Å²) in [4.78, 5) is 10.7. The Morgan fingerprint density at radius 1 is 1.04 bits per heavy atom. The monoisotopic (exact) mass is 330 g/mol. The number of sulfone groups is 1. The van der Waals surface area contributed by atoms with Crippen LogP contribution in [0.4, 0.5) is 5.82 Å². The van der Waals surface area contributed by atoms with Gasteiger partial charge < -0.3 is 9.47 Å². The van der Waals surface area contributed by atoms with Crippen LogP contribution in [0.25, 0.3) is 11.0 Å². The van der Waals surface area contributed by atoms with Gasteiger partial charge in [-0.3, -0.25) is 0 Å². The Morgan fingerprint density at radius 2 is 1.78 bits per heavy atom. The molecule has 7 heteroatoms. The number of hydrogen-bond acceptors (Lipinski definition) is 5. The lowest BCUT2D eigenvalue weighted by molar-refractivity contribution is 0.580. The van der Waals surface area contributed by atoms with Gasteiger partial charge in [0.05, 0.1) is 23.3 Å². The maximum atomic E-state index is 12.1. The summed E-state index contributed by atoms with van der Waals surface area (Å²) in [5, 5.41) is 0.0655. The summed E-state index contributed by atoms with van der Waals surface area (Å²) >= 11 is 0. The fourth-order valence-corrected chi connectivity index (χ4v) is 3.28. The molecule has 0 radical (unpaired) electrons. The van der Waals surface area contributed by atoms with Gasteiger partial charge in [-0.25, -0.2) is 18.4 Å². The van der Waals surface area contributed by atoms with Gasteiger partial charge in [0.2, 0.25) is 15.0 Å². The molecule has 23 heavy (non-hydrogen) atoms. The predicted octanol–water partition coefficient (Wildman–Crippen LogP) is 1.95. The summed E-state index contributed by atoms with van der Waals surface area (Å²) in [5.74, 6) is 0.827. The molecule has 0 aliphatic carbocycles. The van der Waals surface area contributed by atoms with Gasteiger partial charge in [-0.15, -0.1) is 0 Å². The molecular formula is C16H18N4O2S. The lowest BCUT2D eigenvalue weighted by atomic mass is 10.3. The van der Waals surface area contributed by atoms with E-state index < -0.39 is 9.84 Å². The lowest BCUT2D eigenvalue weighted by Gasteiger charge is -2.13. The summed E-state index contributed by atoms with van der Waals surface area (Å²) in [6.45, 7) is 0.352. The second-order valence-corrected chi connectivity index (χ2v) is 7.53. The second-order valence-electron chi connectivity index (χ2n) is 5.62. The van der Waals surface area contributed by atoms with Crippen LogP contribution < -0.4 is 4.90 Å². The van der Waals surface area contributed by atoms with Crippen molar-refractivity contribution in [2.75, 3.05) is 25.3 Å². The van der Waals surface area contributed by atoms with E-state index in [9.17, 15) is 8.42 Å².